The van der Waals surface area contributed by atoms with Crippen LogP contribution in [0.1, 0.15) is 142 Å². The van der Waals surface area contributed by atoms with Gasteiger partial charge in [-0.1, -0.05) is 150 Å². The van der Waals surface area contributed by atoms with Crippen molar-refractivity contribution in [2.45, 2.75) is 167 Å². The van der Waals surface area contributed by atoms with Crippen molar-refractivity contribution in [3.8, 4) is 0 Å². The number of allylic oxidation sites excluding steroid dienone is 10. The molecular formula is C46H78O15P2. The Balaban J connectivity index is 4.77. The van der Waals surface area contributed by atoms with E-state index in [2.05, 4.69) is 28.1 Å². The SMILES string of the molecule is CC/C=C\C[C@H](O)/C=C/C=C\C/C=C\C=C\[C@H](O)/C=C\CCCC(=O)O[C@H](COC(=O)CCCCCCCCC/C=C\CCCCCC)COP(=O)(O)OC[C@@H](O)COP(=O)(O)O. The fourth-order valence-corrected chi connectivity index (χ4v) is 6.65. The van der Waals surface area contributed by atoms with Crippen molar-refractivity contribution in [3.05, 3.63) is 85.1 Å². The number of aliphatic hydroxyl groups is 3. The maximum Gasteiger partial charge on any atom is 0.472 e. The number of hydrogen-bond acceptors (Lipinski definition) is 12. The van der Waals surface area contributed by atoms with Crippen molar-refractivity contribution in [2.75, 3.05) is 26.4 Å². The average Bonchev–Trinajstić information content (AvgIpc) is 3.23. The molecule has 0 saturated heterocycles. The second-order valence-corrected chi connectivity index (χ2v) is 17.7. The molecule has 15 nitrogen and oxygen atoms in total. The number of hydrogen-bond donors (Lipinski definition) is 6. The summed E-state index contributed by atoms with van der Waals surface area (Å²) < 4.78 is 47.6. The van der Waals surface area contributed by atoms with Gasteiger partial charge in [0.25, 0.3) is 0 Å². The van der Waals surface area contributed by atoms with Crippen LogP contribution in [0.4, 0.5) is 0 Å². The summed E-state index contributed by atoms with van der Waals surface area (Å²) in [5.41, 5.74) is 0. The Morgan fingerprint density at radius 2 is 1.13 bits per heavy atom. The average molecular weight is 933 g/mol. The highest BCUT2D eigenvalue weighted by molar-refractivity contribution is 7.47. The maximum atomic E-state index is 12.7. The topological polar surface area (TPSA) is 236 Å². The third kappa shape index (κ3) is 44.2. The summed E-state index contributed by atoms with van der Waals surface area (Å²) in [4.78, 5) is 52.7. The third-order valence-corrected chi connectivity index (χ3v) is 10.4. The second-order valence-electron chi connectivity index (χ2n) is 15.0. The highest BCUT2D eigenvalue weighted by Gasteiger charge is 2.28. The molecule has 0 spiro atoms. The zero-order chi connectivity index (χ0) is 46.9. The molecule has 6 N–H and O–H groups in total. The molecule has 0 saturated carbocycles. The predicted octanol–water partition coefficient (Wildman–Crippen LogP) is 9.50. The van der Waals surface area contributed by atoms with E-state index in [1.54, 1.807) is 42.5 Å². The number of phosphoric ester groups is 2. The van der Waals surface area contributed by atoms with Crippen LogP contribution in [0.5, 0.6) is 0 Å². The predicted molar refractivity (Wildman–Crippen MR) is 246 cm³/mol. The van der Waals surface area contributed by atoms with E-state index in [0.29, 0.717) is 32.1 Å². The number of phosphoric acid groups is 2. The molecule has 1 unspecified atom stereocenters. The minimum absolute atomic E-state index is 0.0596. The van der Waals surface area contributed by atoms with Crippen molar-refractivity contribution < 1.29 is 71.8 Å². The van der Waals surface area contributed by atoms with Crippen molar-refractivity contribution in [2.24, 2.45) is 0 Å². The summed E-state index contributed by atoms with van der Waals surface area (Å²) in [6.45, 7) is 1.32. The first-order chi connectivity index (χ1) is 30.2. The van der Waals surface area contributed by atoms with Gasteiger partial charge in [-0.25, -0.2) is 9.13 Å². The Kier molecular flexibility index (Phi) is 38.9. The van der Waals surface area contributed by atoms with Crippen molar-refractivity contribution >= 4 is 27.6 Å². The first-order valence-electron chi connectivity index (χ1n) is 22.5. The van der Waals surface area contributed by atoms with Gasteiger partial charge in [0, 0.05) is 12.8 Å². The smallest absolute Gasteiger partial charge is 0.462 e. The molecule has 0 radical (unpaired) electrons. The van der Waals surface area contributed by atoms with Crippen LogP contribution in [0.25, 0.3) is 0 Å². The van der Waals surface area contributed by atoms with Crippen LogP contribution in [0.2, 0.25) is 0 Å². The highest BCUT2D eigenvalue weighted by Crippen LogP contribution is 2.43. The van der Waals surface area contributed by atoms with Gasteiger partial charge in [0.1, 0.15) is 12.7 Å². The summed E-state index contributed by atoms with van der Waals surface area (Å²) in [6.07, 6.45) is 39.3. The van der Waals surface area contributed by atoms with E-state index < -0.39 is 78.4 Å². The number of carbonyl (C=O) groups excluding carboxylic acids is 2. The van der Waals surface area contributed by atoms with Gasteiger partial charge in [0.05, 0.1) is 32.0 Å². The van der Waals surface area contributed by atoms with Gasteiger partial charge in [-0.3, -0.25) is 23.2 Å². The molecule has 17 heteroatoms. The van der Waals surface area contributed by atoms with Gasteiger partial charge in [0.2, 0.25) is 0 Å². The lowest BCUT2D eigenvalue weighted by Gasteiger charge is -2.20. The molecule has 362 valence electrons. The molecule has 0 fully saturated rings. The summed E-state index contributed by atoms with van der Waals surface area (Å²) in [6, 6.07) is 0. The first-order valence-corrected chi connectivity index (χ1v) is 25.5. The third-order valence-electron chi connectivity index (χ3n) is 8.93. The molecule has 0 aromatic heterocycles. The quantitative estimate of drug-likeness (QED) is 0.0110. The molecule has 0 aromatic carbocycles. The normalized spacial score (nSPS) is 15.7. The number of aliphatic hydroxyl groups excluding tert-OH is 3. The lowest BCUT2D eigenvalue weighted by molar-refractivity contribution is -0.161. The Morgan fingerprint density at radius 1 is 0.556 bits per heavy atom. The molecule has 0 rings (SSSR count). The molecule has 0 amide bonds. The van der Waals surface area contributed by atoms with E-state index in [9.17, 15) is 38.9 Å². The van der Waals surface area contributed by atoms with Crippen LogP contribution in [0.15, 0.2) is 85.1 Å². The van der Waals surface area contributed by atoms with E-state index >= 15 is 0 Å². The standard InChI is InChI=1S/C46H78O15P2/c1-3-5-7-8-9-10-11-12-13-14-15-16-20-23-29-35-45(50)57-39-44(40-60-63(55,56)59-38-43(49)37-58-62(52,53)54)61-46(51)36-30-24-28-34-42(48)33-27-22-19-17-18-21-26-32-41(47)31-25-6-4-2/h6,10-11,18-19,21-22,25-28,32-34,41-44,47-49H,3-5,7-9,12-17,20,23-24,29-31,35-40H2,1-2H3,(H,55,56)(H2,52,53,54)/b11-10-,21-18-,22-19-,25-6-,32-26+,33-27+,34-28-/t41-,42-,43-,44+/m0/s1. The summed E-state index contributed by atoms with van der Waals surface area (Å²) >= 11 is 0. The minimum Gasteiger partial charge on any atom is -0.462 e. The maximum absolute atomic E-state index is 12.7. The van der Waals surface area contributed by atoms with Crippen molar-refractivity contribution in [3.63, 3.8) is 0 Å². The van der Waals surface area contributed by atoms with Crippen LogP contribution in [0.3, 0.4) is 0 Å². The lowest BCUT2D eigenvalue weighted by Crippen LogP contribution is -2.29. The van der Waals surface area contributed by atoms with E-state index in [1.807, 2.05) is 37.3 Å². The monoisotopic (exact) mass is 932 g/mol. The molecule has 0 aromatic rings. The van der Waals surface area contributed by atoms with E-state index in [0.717, 1.165) is 44.9 Å². The summed E-state index contributed by atoms with van der Waals surface area (Å²) in [5.74, 6) is -1.23. The van der Waals surface area contributed by atoms with E-state index in [1.165, 1.54) is 38.5 Å². The number of unbranched alkanes of at least 4 members (excludes halogenated alkanes) is 12. The summed E-state index contributed by atoms with van der Waals surface area (Å²) in [7, 11) is -9.76. The zero-order valence-electron chi connectivity index (χ0n) is 37.6. The molecule has 0 aliphatic rings. The molecule has 5 atom stereocenters. The fourth-order valence-electron chi connectivity index (χ4n) is 5.49. The molecule has 0 bridgehead atoms. The van der Waals surface area contributed by atoms with Crippen molar-refractivity contribution in [1.82, 2.24) is 0 Å². The highest BCUT2D eigenvalue weighted by atomic mass is 31.2. The second kappa shape index (κ2) is 40.7. The number of carbonyl (C=O) groups is 2. The Bertz CT molecular complexity index is 1470. The van der Waals surface area contributed by atoms with Gasteiger partial charge in [0.15, 0.2) is 6.10 Å². The Hall–Kier alpha value is -2.78. The van der Waals surface area contributed by atoms with Gasteiger partial charge in [-0.15, -0.1) is 0 Å². The largest absolute Gasteiger partial charge is 0.472 e. The number of ether oxygens (including phenoxy) is 2. The van der Waals surface area contributed by atoms with Gasteiger partial charge >= 0.3 is 27.6 Å². The molecular weight excluding hydrogens is 854 g/mol. The van der Waals surface area contributed by atoms with Crippen molar-refractivity contribution in [1.29, 1.82) is 0 Å². The molecule has 0 aliphatic heterocycles. The lowest BCUT2D eigenvalue weighted by atomic mass is 10.1. The van der Waals surface area contributed by atoms with Crippen LogP contribution in [-0.2, 0) is 41.8 Å². The summed E-state index contributed by atoms with van der Waals surface area (Å²) in [5, 5.41) is 29.8. The van der Waals surface area contributed by atoms with Gasteiger partial charge < -0.3 is 39.5 Å². The zero-order valence-corrected chi connectivity index (χ0v) is 39.4. The molecule has 63 heavy (non-hydrogen) atoms. The Morgan fingerprint density at radius 3 is 1.78 bits per heavy atom. The van der Waals surface area contributed by atoms with Gasteiger partial charge in [-0.05, 0) is 64.2 Å². The van der Waals surface area contributed by atoms with E-state index in [4.69, 9.17) is 23.8 Å². The number of rotatable bonds is 41. The van der Waals surface area contributed by atoms with Crippen LogP contribution < -0.4 is 0 Å². The van der Waals surface area contributed by atoms with Crippen LogP contribution in [-0.4, -0.2) is 92.8 Å². The van der Waals surface area contributed by atoms with Crippen LogP contribution in [0, 0.1) is 0 Å². The van der Waals surface area contributed by atoms with E-state index in [-0.39, 0.29) is 12.8 Å². The minimum atomic E-state index is -4.89. The first kappa shape index (κ1) is 60.2. The fraction of sp³-hybridized carbons (Fsp3) is 0.652. The Labute approximate surface area is 376 Å². The molecule has 0 heterocycles. The molecule has 0 aliphatic carbocycles. The number of esters is 2. The van der Waals surface area contributed by atoms with Gasteiger partial charge in [-0.2, -0.15) is 0 Å². The van der Waals surface area contributed by atoms with Crippen LogP contribution >= 0.6 is 15.6 Å².